The fourth-order valence-electron chi connectivity index (χ4n) is 4.39. The molecule has 0 radical (unpaired) electrons. The van der Waals surface area contributed by atoms with Crippen molar-refractivity contribution in [3.05, 3.63) is 65.7 Å². The van der Waals surface area contributed by atoms with E-state index in [2.05, 4.69) is 12.2 Å². The number of esters is 1. The lowest BCUT2D eigenvalue weighted by atomic mass is 9.82. The Kier molecular flexibility index (Phi) is 6.08. The Bertz CT molecular complexity index is 1040. The number of benzene rings is 2. The highest BCUT2D eigenvalue weighted by Gasteiger charge is 2.49. The van der Waals surface area contributed by atoms with Gasteiger partial charge in [-0.25, -0.2) is 4.79 Å². The summed E-state index contributed by atoms with van der Waals surface area (Å²) in [5, 5.41) is 2.82. The van der Waals surface area contributed by atoms with Gasteiger partial charge in [-0.15, -0.1) is 0 Å². The molecule has 0 unspecified atom stereocenters. The lowest BCUT2D eigenvalue weighted by molar-refractivity contribution is -0.134. The number of anilines is 1. The maximum absolute atomic E-state index is 13.4. The molecule has 0 aromatic heterocycles. The number of nitrogens with zero attached hydrogens (tertiary/aromatic N) is 2. The molecule has 1 spiro atoms. The van der Waals surface area contributed by atoms with Crippen molar-refractivity contribution >= 4 is 29.2 Å². The molecule has 4 rings (SSSR count). The second-order valence-electron chi connectivity index (χ2n) is 8.50. The summed E-state index contributed by atoms with van der Waals surface area (Å²) in [5.41, 5.74) is 1.48. The van der Waals surface area contributed by atoms with Gasteiger partial charge in [0.05, 0.1) is 12.7 Å². The Morgan fingerprint density at radius 3 is 2.38 bits per heavy atom. The van der Waals surface area contributed by atoms with Crippen molar-refractivity contribution in [1.82, 2.24) is 4.90 Å². The summed E-state index contributed by atoms with van der Waals surface area (Å²) >= 11 is 0. The van der Waals surface area contributed by atoms with Gasteiger partial charge in [-0.2, -0.15) is 0 Å². The molecule has 166 valence electrons. The van der Waals surface area contributed by atoms with Crippen LogP contribution in [0.1, 0.15) is 48.5 Å². The van der Waals surface area contributed by atoms with E-state index in [0.717, 1.165) is 31.2 Å². The maximum Gasteiger partial charge on any atom is 0.337 e. The van der Waals surface area contributed by atoms with Crippen LogP contribution in [-0.2, 0) is 14.3 Å². The van der Waals surface area contributed by atoms with E-state index in [1.165, 1.54) is 7.11 Å². The Morgan fingerprint density at radius 2 is 1.75 bits per heavy atom. The first-order valence-electron chi connectivity index (χ1n) is 10.9. The van der Waals surface area contributed by atoms with Gasteiger partial charge >= 0.3 is 5.97 Å². The van der Waals surface area contributed by atoms with Crippen LogP contribution in [0.4, 0.5) is 5.69 Å². The summed E-state index contributed by atoms with van der Waals surface area (Å²) in [6.07, 6.45) is 3.42. The molecule has 1 heterocycles. The van der Waals surface area contributed by atoms with Gasteiger partial charge in [0.15, 0.2) is 0 Å². The minimum absolute atomic E-state index is 0.0776. The van der Waals surface area contributed by atoms with Crippen molar-refractivity contribution < 1.29 is 19.1 Å². The topological polar surface area (TPSA) is 88.1 Å². The molecule has 32 heavy (non-hydrogen) atoms. The first kappa shape index (κ1) is 21.7. The third kappa shape index (κ3) is 4.28. The summed E-state index contributed by atoms with van der Waals surface area (Å²) in [7, 11) is 1.32. The van der Waals surface area contributed by atoms with Crippen LogP contribution < -0.4 is 5.32 Å². The van der Waals surface area contributed by atoms with Crippen molar-refractivity contribution in [3.8, 4) is 0 Å². The van der Waals surface area contributed by atoms with Gasteiger partial charge in [-0.3, -0.25) is 14.6 Å². The van der Waals surface area contributed by atoms with Crippen LogP contribution in [0.2, 0.25) is 0 Å². The molecule has 1 N–H and O–H groups in total. The fraction of sp³-hybridized carbons (Fsp3) is 0.360. The highest BCUT2D eigenvalue weighted by Crippen LogP contribution is 2.41. The van der Waals surface area contributed by atoms with Gasteiger partial charge in [0.1, 0.15) is 17.9 Å². The predicted octanol–water partition coefficient (Wildman–Crippen LogP) is 3.65. The molecule has 0 bridgehead atoms. The summed E-state index contributed by atoms with van der Waals surface area (Å²) < 4.78 is 4.69. The standard InChI is InChI=1S/C25H27N3O4/c1-17-12-14-25(15-13-17)27-22(18-6-4-3-5-7-18)23(30)28(25)16-21(29)26-20-10-8-19(9-11-20)24(31)32-2/h3-11,17H,12-16H2,1-2H3,(H,26,29). The minimum Gasteiger partial charge on any atom is -0.465 e. The summed E-state index contributed by atoms with van der Waals surface area (Å²) in [5.74, 6) is -0.367. The zero-order valence-corrected chi connectivity index (χ0v) is 18.3. The van der Waals surface area contributed by atoms with Gasteiger partial charge in [0, 0.05) is 11.3 Å². The van der Waals surface area contributed by atoms with Gasteiger partial charge in [0.2, 0.25) is 5.91 Å². The number of rotatable bonds is 5. The number of carbonyl (C=O) groups is 3. The molecule has 2 amide bonds. The second-order valence-corrected chi connectivity index (χ2v) is 8.50. The maximum atomic E-state index is 13.4. The first-order valence-corrected chi connectivity index (χ1v) is 10.9. The summed E-state index contributed by atoms with van der Waals surface area (Å²) in [6, 6.07) is 15.9. The van der Waals surface area contributed by atoms with E-state index in [9.17, 15) is 14.4 Å². The highest BCUT2D eigenvalue weighted by atomic mass is 16.5. The quantitative estimate of drug-likeness (QED) is 0.729. The molecule has 0 atom stereocenters. The number of hydrogen-bond donors (Lipinski definition) is 1. The summed E-state index contributed by atoms with van der Waals surface area (Å²) in [4.78, 5) is 44.4. The molecule has 1 saturated carbocycles. The number of hydrogen-bond acceptors (Lipinski definition) is 5. The Hall–Kier alpha value is -3.48. The number of nitrogens with one attached hydrogen (secondary N) is 1. The first-order chi connectivity index (χ1) is 15.4. The average molecular weight is 434 g/mol. The second kappa shape index (κ2) is 8.94. The number of amides is 2. The van der Waals surface area contributed by atoms with E-state index in [-0.39, 0.29) is 18.4 Å². The molecular formula is C25H27N3O4. The minimum atomic E-state index is -0.666. The van der Waals surface area contributed by atoms with E-state index in [1.54, 1.807) is 29.2 Å². The molecule has 2 aromatic rings. The summed E-state index contributed by atoms with van der Waals surface area (Å²) in [6.45, 7) is 2.13. The van der Waals surface area contributed by atoms with Crippen LogP contribution in [0.3, 0.4) is 0 Å². The van der Waals surface area contributed by atoms with E-state index in [0.29, 0.717) is 22.9 Å². The zero-order valence-electron chi connectivity index (χ0n) is 18.3. The van der Waals surface area contributed by atoms with E-state index in [4.69, 9.17) is 9.73 Å². The van der Waals surface area contributed by atoms with Gasteiger partial charge in [-0.05, 0) is 55.9 Å². The highest BCUT2D eigenvalue weighted by molar-refractivity contribution is 6.47. The number of carbonyl (C=O) groups excluding carboxylic acids is 3. The van der Waals surface area contributed by atoms with Crippen LogP contribution in [0.5, 0.6) is 0 Å². The van der Waals surface area contributed by atoms with Gasteiger partial charge in [-0.1, -0.05) is 37.3 Å². The third-order valence-corrected chi connectivity index (χ3v) is 6.28. The molecule has 7 heteroatoms. The van der Waals surface area contributed by atoms with Crippen molar-refractivity contribution in [2.24, 2.45) is 10.9 Å². The smallest absolute Gasteiger partial charge is 0.337 e. The molecule has 1 aliphatic carbocycles. The molecular weight excluding hydrogens is 406 g/mol. The molecule has 0 saturated heterocycles. The Morgan fingerprint density at radius 1 is 1.09 bits per heavy atom. The Labute approximate surface area is 187 Å². The van der Waals surface area contributed by atoms with Crippen molar-refractivity contribution in [2.75, 3.05) is 19.0 Å². The zero-order chi connectivity index (χ0) is 22.7. The van der Waals surface area contributed by atoms with Crippen molar-refractivity contribution in [2.45, 2.75) is 38.3 Å². The molecule has 1 fully saturated rings. The number of aliphatic imine (C=N–C) groups is 1. The monoisotopic (exact) mass is 433 g/mol. The van der Waals surface area contributed by atoms with E-state index in [1.807, 2.05) is 30.3 Å². The SMILES string of the molecule is COC(=O)c1ccc(NC(=O)CN2C(=O)C(c3ccccc3)=NC23CCC(C)CC3)cc1. The average Bonchev–Trinajstić information content (AvgIpc) is 3.08. The lowest BCUT2D eigenvalue weighted by Gasteiger charge is -2.40. The van der Waals surface area contributed by atoms with E-state index >= 15 is 0 Å². The van der Waals surface area contributed by atoms with Crippen LogP contribution in [-0.4, -0.2) is 47.7 Å². The van der Waals surface area contributed by atoms with Crippen molar-refractivity contribution in [3.63, 3.8) is 0 Å². The third-order valence-electron chi connectivity index (χ3n) is 6.28. The molecule has 7 nitrogen and oxygen atoms in total. The lowest BCUT2D eigenvalue weighted by Crippen LogP contribution is -2.51. The van der Waals surface area contributed by atoms with Crippen LogP contribution >= 0.6 is 0 Å². The number of ether oxygens (including phenoxy) is 1. The van der Waals surface area contributed by atoms with Gasteiger partial charge in [0.25, 0.3) is 5.91 Å². The van der Waals surface area contributed by atoms with Crippen molar-refractivity contribution in [1.29, 1.82) is 0 Å². The molecule has 2 aromatic carbocycles. The number of methoxy groups -OCH3 is 1. The fourth-order valence-corrected chi connectivity index (χ4v) is 4.39. The van der Waals surface area contributed by atoms with E-state index < -0.39 is 11.6 Å². The van der Waals surface area contributed by atoms with Gasteiger partial charge < -0.3 is 15.0 Å². The molecule has 2 aliphatic rings. The Balaban J connectivity index is 1.53. The predicted molar refractivity (Wildman–Crippen MR) is 121 cm³/mol. The largest absolute Gasteiger partial charge is 0.465 e. The normalized spacial score (nSPS) is 22.6. The van der Waals surface area contributed by atoms with Crippen LogP contribution in [0.15, 0.2) is 59.6 Å². The molecule has 1 aliphatic heterocycles. The van der Waals surface area contributed by atoms with Crippen LogP contribution in [0.25, 0.3) is 0 Å². The van der Waals surface area contributed by atoms with Crippen LogP contribution in [0, 0.1) is 5.92 Å².